The third-order valence-corrected chi connectivity index (χ3v) is 1.83. The van der Waals surface area contributed by atoms with E-state index in [0.29, 0.717) is 6.42 Å². The molecule has 0 spiro atoms. The summed E-state index contributed by atoms with van der Waals surface area (Å²) in [6.07, 6.45) is 0.440. The summed E-state index contributed by atoms with van der Waals surface area (Å²) in [7, 11) is 0. The number of aliphatic carboxylic acids is 1. The van der Waals surface area contributed by atoms with Crippen LogP contribution in [0.2, 0.25) is 0 Å². The predicted octanol–water partition coefficient (Wildman–Crippen LogP) is 2.15. The lowest BCUT2D eigenvalue weighted by Crippen LogP contribution is -2.27. The van der Waals surface area contributed by atoms with Gasteiger partial charge in [0.2, 0.25) is 0 Å². The molecule has 0 aliphatic carbocycles. The summed E-state index contributed by atoms with van der Waals surface area (Å²) in [6, 6.07) is 0. The van der Waals surface area contributed by atoms with E-state index in [9.17, 15) is 4.79 Å². The van der Waals surface area contributed by atoms with Crippen LogP contribution < -0.4 is 0 Å². The highest BCUT2D eigenvalue weighted by atomic mass is 16.4. The molecule has 0 aliphatic rings. The highest BCUT2D eigenvalue weighted by molar-refractivity contribution is 5.71. The Morgan fingerprint density at radius 3 is 2.25 bits per heavy atom. The number of hydrogen-bond donors (Lipinski definition) is 1. The molecule has 0 rings (SSSR count). The van der Waals surface area contributed by atoms with Crippen molar-refractivity contribution < 1.29 is 9.90 Å². The Bertz CT molecular complexity index is 212. The molecule has 0 aliphatic heterocycles. The fourth-order valence-corrected chi connectivity index (χ4v) is 0.968. The second-order valence-corrected chi connectivity index (χ2v) is 3.89. The molecule has 12 heavy (non-hydrogen) atoms. The second kappa shape index (κ2) is 4.15. The first-order valence-electron chi connectivity index (χ1n) is 4.02. The quantitative estimate of drug-likeness (QED) is 0.641. The number of carbonyl (C=O) groups is 1. The SMILES string of the molecule is CC#CCC(C(=O)O)C(C)(C)C. The van der Waals surface area contributed by atoms with Crippen LogP contribution in [0.3, 0.4) is 0 Å². The summed E-state index contributed by atoms with van der Waals surface area (Å²) in [5, 5.41) is 8.87. The van der Waals surface area contributed by atoms with E-state index in [1.165, 1.54) is 0 Å². The van der Waals surface area contributed by atoms with Gasteiger partial charge in [0.25, 0.3) is 0 Å². The van der Waals surface area contributed by atoms with Crippen molar-refractivity contribution in [2.45, 2.75) is 34.1 Å². The molecule has 0 aromatic rings. The summed E-state index contributed by atoms with van der Waals surface area (Å²) >= 11 is 0. The molecule has 0 fully saturated rings. The highest BCUT2D eigenvalue weighted by Crippen LogP contribution is 2.28. The molecule has 2 nitrogen and oxygen atoms in total. The van der Waals surface area contributed by atoms with Crippen molar-refractivity contribution in [3.63, 3.8) is 0 Å². The van der Waals surface area contributed by atoms with Gasteiger partial charge in [-0.15, -0.1) is 11.8 Å². The predicted molar refractivity (Wildman–Crippen MR) is 48.6 cm³/mol. The normalized spacial score (nSPS) is 13.0. The van der Waals surface area contributed by atoms with Crippen LogP contribution in [0, 0.1) is 23.2 Å². The molecule has 68 valence electrons. The minimum Gasteiger partial charge on any atom is -0.481 e. The van der Waals surface area contributed by atoms with E-state index >= 15 is 0 Å². The van der Waals surface area contributed by atoms with E-state index in [2.05, 4.69) is 11.8 Å². The molecular weight excluding hydrogens is 152 g/mol. The zero-order valence-electron chi connectivity index (χ0n) is 8.14. The first kappa shape index (κ1) is 11.0. The molecule has 1 unspecified atom stereocenters. The molecular formula is C10H16O2. The van der Waals surface area contributed by atoms with Gasteiger partial charge >= 0.3 is 5.97 Å². The van der Waals surface area contributed by atoms with Gasteiger partial charge in [-0.3, -0.25) is 4.79 Å². The smallest absolute Gasteiger partial charge is 0.307 e. The van der Waals surface area contributed by atoms with Gasteiger partial charge in [0, 0.05) is 6.42 Å². The van der Waals surface area contributed by atoms with Gasteiger partial charge in [0.05, 0.1) is 5.92 Å². The Hall–Kier alpha value is -0.970. The number of carboxylic acids is 1. The van der Waals surface area contributed by atoms with Crippen molar-refractivity contribution in [1.29, 1.82) is 0 Å². The minimum absolute atomic E-state index is 0.213. The molecule has 0 aromatic carbocycles. The Balaban J connectivity index is 4.42. The summed E-state index contributed by atoms with van der Waals surface area (Å²) < 4.78 is 0. The first-order chi connectivity index (χ1) is 5.39. The third-order valence-electron chi connectivity index (χ3n) is 1.83. The third kappa shape index (κ3) is 3.43. The zero-order valence-corrected chi connectivity index (χ0v) is 8.14. The molecule has 1 atom stereocenters. The molecule has 2 heteroatoms. The van der Waals surface area contributed by atoms with Gasteiger partial charge < -0.3 is 5.11 Å². The van der Waals surface area contributed by atoms with Crippen molar-refractivity contribution in [3.8, 4) is 11.8 Å². The maximum absolute atomic E-state index is 10.8. The minimum atomic E-state index is -0.759. The van der Waals surface area contributed by atoms with Crippen LogP contribution in [0.1, 0.15) is 34.1 Å². The Labute approximate surface area is 74.0 Å². The molecule has 0 saturated carbocycles. The Kier molecular flexibility index (Phi) is 3.82. The van der Waals surface area contributed by atoms with Crippen molar-refractivity contribution in [2.75, 3.05) is 0 Å². The Morgan fingerprint density at radius 2 is 2.00 bits per heavy atom. The number of carboxylic acid groups (broad SMARTS) is 1. The van der Waals surface area contributed by atoms with Gasteiger partial charge in [0.15, 0.2) is 0 Å². The van der Waals surface area contributed by atoms with Crippen molar-refractivity contribution >= 4 is 5.97 Å². The fraction of sp³-hybridized carbons (Fsp3) is 0.700. The van der Waals surface area contributed by atoms with Crippen LogP contribution >= 0.6 is 0 Å². The average Bonchev–Trinajstić information content (AvgIpc) is 1.84. The zero-order chi connectivity index (χ0) is 9.78. The van der Waals surface area contributed by atoms with E-state index in [0.717, 1.165) is 0 Å². The summed E-state index contributed by atoms with van der Waals surface area (Å²) in [4.78, 5) is 10.8. The summed E-state index contributed by atoms with van der Waals surface area (Å²) in [5.41, 5.74) is -0.213. The maximum atomic E-state index is 10.8. The van der Waals surface area contributed by atoms with Gasteiger partial charge in [-0.2, -0.15) is 0 Å². The van der Waals surface area contributed by atoms with E-state index < -0.39 is 5.97 Å². The van der Waals surface area contributed by atoms with Crippen LogP contribution in [0.5, 0.6) is 0 Å². The summed E-state index contributed by atoms with van der Waals surface area (Å²) in [6.45, 7) is 7.48. The lowest BCUT2D eigenvalue weighted by Gasteiger charge is -2.25. The molecule has 1 N–H and O–H groups in total. The molecule has 0 aromatic heterocycles. The second-order valence-electron chi connectivity index (χ2n) is 3.89. The fourth-order valence-electron chi connectivity index (χ4n) is 0.968. The summed E-state index contributed by atoms with van der Waals surface area (Å²) in [5.74, 6) is 4.39. The molecule has 0 radical (unpaired) electrons. The number of hydrogen-bond acceptors (Lipinski definition) is 1. The van der Waals surface area contributed by atoms with E-state index in [4.69, 9.17) is 5.11 Å². The first-order valence-corrected chi connectivity index (χ1v) is 4.02. The molecule has 0 saturated heterocycles. The molecule has 0 amide bonds. The van der Waals surface area contributed by atoms with Crippen LogP contribution in [0.25, 0.3) is 0 Å². The standard InChI is InChI=1S/C10H16O2/c1-5-6-7-8(9(11)12)10(2,3)4/h8H,7H2,1-4H3,(H,11,12). The lowest BCUT2D eigenvalue weighted by atomic mass is 9.79. The van der Waals surface area contributed by atoms with Gasteiger partial charge in [-0.25, -0.2) is 0 Å². The average molecular weight is 168 g/mol. The van der Waals surface area contributed by atoms with Gasteiger partial charge in [0.1, 0.15) is 0 Å². The van der Waals surface area contributed by atoms with E-state index in [1.807, 2.05) is 20.8 Å². The van der Waals surface area contributed by atoms with Crippen molar-refractivity contribution in [2.24, 2.45) is 11.3 Å². The topological polar surface area (TPSA) is 37.3 Å². The lowest BCUT2D eigenvalue weighted by molar-refractivity contribution is -0.145. The van der Waals surface area contributed by atoms with E-state index in [-0.39, 0.29) is 11.3 Å². The van der Waals surface area contributed by atoms with Gasteiger partial charge in [-0.1, -0.05) is 20.8 Å². The number of rotatable bonds is 2. The maximum Gasteiger partial charge on any atom is 0.307 e. The van der Waals surface area contributed by atoms with Crippen LogP contribution in [0.15, 0.2) is 0 Å². The molecule has 0 heterocycles. The largest absolute Gasteiger partial charge is 0.481 e. The molecule has 0 bridgehead atoms. The Morgan fingerprint density at radius 1 is 1.50 bits per heavy atom. The monoisotopic (exact) mass is 168 g/mol. The van der Waals surface area contributed by atoms with Crippen LogP contribution in [0.4, 0.5) is 0 Å². The highest BCUT2D eigenvalue weighted by Gasteiger charge is 2.29. The van der Waals surface area contributed by atoms with E-state index in [1.54, 1.807) is 6.92 Å². The van der Waals surface area contributed by atoms with Crippen LogP contribution in [-0.4, -0.2) is 11.1 Å². The van der Waals surface area contributed by atoms with Gasteiger partial charge in [-0.05, 0) is 12.3 Å². The van der Waals surface area contributed by atoms with Crippen molar-refractivity contribution in [1.82, 2.24) is 0 Å². The van der Waals surface area contributed by atoms with Crippen LogP contribution in [-0.2, 0) is 4.79 Å². The van der Waals surface area contributed by atoms with Crippen molar-refractivity contribution in [3.05, 3.63) is 0 Å².